The monoisotopic (exact) mass is 279 g/mol. The molecule has 4 nitrogen and oxygen atoms in total. The number of carbonyl (C=O) groups is 1. The first-order chi connectivity index (χ1) is 9.72. The predicted molar refractivity (Wildman–Crippen MR) is 80.5 cm³/mol. The van der Waals surface area contributed by atoms with Crippen molar-refractivity contribution >= 4 is 5.91 Å². The normalized spacial score (nSPS) is 33.0. The van der Waals surface area contributed by atoms with E-state index >= 15 is 0 Å². The van der Waals surface area contributed by atoms with Crippen LogP contribution in [-0.4, -0.2) is 49.1 Å². The van der Waals surface area contributed by atoms with Crippen molar-refractivity contribution in [1.82, 2.24) is 15.5 Å². The van der Waals surface area contributed by atoms with E-state index in [1.165, 1.54) is 32.2 Å². The van der Waals surface area contributed by atoms with Crippen molar-refractivity contribution in [2.24, 2.45) is 11.8 Å². The number of nitrogens with one attached hydrogen (secondary N) is 2. The van der Waals surface area contributed by atoms with E-state index in [1.807, 2.05) is 0 Å². The van der Waals surface area contributed by atoms with E-state index in [2.05, 4.69) is 22.5 Å². The third-order valence-corrected chi connectivity index (χ3v) is 5.30. The third-order valence-electron chi connectivity index (χ3n) is 5.30. The zero-order chi connectivity index (χ0) is 13.9. The van der Waals surface area contributed by atoms with Gasteiger partial charge in [-0.2, -0.15) is 0 Å². The maximum Gasteiger partial charge on any atom is 0.220 e. The van der Waals surface area contributed by atoms with Gasteiger partial charge >= 0.3 is 0 Å². The highest BCUT2D eigenvalue weighted by molar-refractivity contribution is 5.76. The van der Waals surface area contributed by atoms with Crippen LogP contribution in [0.5, 0.6) is 0 Å². The summed E-state index contributed by atoms with van der Waals surface area (Å²) in [5.41, 5.74) is 0. The van der Waals surface area contributed by atoms with Gasteiger partial charge in [0.25, 0.3) is 0 Å². The molecule has 1 saturated carbocycles. The zero-order valence-electron chi connectivity index (χ0n) is 12.7. The first-order valence-electron chi connectivity index (χ1n) is 8.46. The molecular weight excluding hydrogens is 250 g/mol. The van der Waals surface area contributed by atoms with Gasteiger partial charge < -0.3 is 10.6 Å². The highest BCUT2D eigenvalue weighted by Crippen LogP contribution is 2.30. The summed E-state index contributed by atoms with van der Waals surface area (Å²) in [5, 5.41) is 6.71. The summed E-state index contributed by atoms with van der Waals surface area (Å²) in [6.07, 6.45) is 7.11. The second-order valence-electron chi connectivity index (χ2n) is 7.07. The molecule has 3 unspecified atom stereocenters. The first-order valence-corrected chi connectivity index (χ1v) is 8.46. The molecule has 20 heavy (non-hydrogen) atoms. The molecule has 1 amide bonds. The van der Waals surface area contributed by atoms with Crippen molar-refractivity contribution in [2.45, 2.75) is 57.5 Å². The molecule has 3 aliphatic rings. The maximum absolute atomic E-state index is 12.2. The van der Waals surface area contributed by atoms with Crippen LogP contribution in [0.3, 0.4) is 0 Å². The molecule has 2 aliphatic heterocycles. The number of hydrogen-bond donors (Lipinski definition) is 2. The average Bonchev–Trinajstić information content (AvgIpc) is 3.20. The van der Waals surface area contributed by atoms with Crippen molar-refractivity contribution < 1.29 is 4.79 Å². The Balaban J connectivity index is 1.38. The molecule has 0 aromatic heterocycles. The van der Waals surface area contributed by atoms with E-state index in [0.717, 1.165) is 32.1 Å². The molecule has 3 fully saturated rings. The summed E-state index contributed by atoms with van der Waals surface area (Å²) in [5.74, 6) is 1.45. The molecule has 1 aliphatic carbocycles. The van der Waals surface area contributed by atoms with Crippen LogP contribution in [0.2, 0.25) is 0 Å². The summed E-state index contributed by atoms with van der Waals surface area (Å²) in [4.78, 5) is 14.7. The van der Waals surface area contributed by atoms with Gasteiger partial charge in [-0.3, -0.25) is 9.69 Å². The van der Waals surface area contributed by atoms with Crippen molar-refractivity contribution in [3.8, 4) is 0 Å². The Morgan fingerprint density at radius 1 is 1.35 bits per heavy atom. The van der Waals surface area contributed by atoms with Crippen LogP contribution in [0, 0.1) is 11.8 Å². The lowest BCUT2D eigenvalue weighted by Gasteiger charge is -2.28. The Kier molecular flexibility index (Phi) is 4.61. The van der Waals surface area contributed by atoms with Crippen molar-refractivity contribution in [2.75, 3.05) is 26.2 Å². The highest BCUT2D eigenvalue weighted by Gasteiger charge is 2.35. The van der Waals surface area contributed by atoms with Crippen LogP contribution < -0.4 is 10.6 Å². The number of amides is 1. The average molecular weight is 279 g/mol. The lowest BCUT2D eigenvalue weighted by atomic mass is 9.85. The number of hydrogen-bond acceptors (Lipinski definition) is 3. The van der Waals surface area contributed by atoms with Gasteiger partial charge in [0.15, 0.2) is 0 Å². The van der Waals surface area contributed by atoms with Crippen LogP contribution in [-0.2, 0) is 4.79 Å². The van der Waals surface area contributed by atoms with Crippen LogP contribution in [0.25, 0.3) is 0 Å². The first kappa shape index (κ1) is 14.3. The van der Waals surface area contributed by atoms with Gasteiger partial charge in [-0.25, -0.2) is 0 Å². The van der Waals surface area contributed by atoms with Gasteiger partial charge in [0.05, 0.1) is 0 Å². The van der Waals surface area contributed by atoms with E-state index in [9.17, 15) is 4.79 Å². The fraction of sp³-hybridized carbons (Fsp3) is 0.938. The molecule has 0 spiro atoms. The van der Waals surface area contributed by atoms with E-state index in [0.29, 0.717) is 24.3 Å². The van der Waals surface area contributed by atoms with Gasteiger partial charge in [0.1, 0.15) is 0 Å². The van der Waals surface area contributed by atoms with Gasteiger partial charge in [-0.05, 0) is 57.0 Å². The Morgan fingerprint density at radius 2 is 2.20 bits per heavy atom. The topological polar surface area (TPSA) is 44.4 Å². The quantitative estimate of drug-likeness (QED) is 0.799. The minimum absolute atomic E-state index is 0.269. The van der Waals surface area contributed by atoms with Gasteiger partial charge in [0, 0.05) is 31.6 Å². The van der Waals surface area contributed by atoms with E-state index < -0.39 is 0 Å². The van der Waals surface area contributed by atoms with E-state index in [4.69, 9.17) is 0 Å². The Hall–Kier alpha value is -0.610. The summed E-state index contributed by atoms with van der Waals surface area (Å²) < 4.78 is 0. The lowest BCUT2D eigenvalue weighted by Crippen LogP contribution is -2.40. The third kappa shape index (κ3) is 3.73. The Labute approximate surface area is 122 Å². The van der Waals surface area contributed by atoms with Gasteiger partial charge in [-0.1, -0.05) is 6.92 Å². The number of nitrogens with zero attached hydrogens (tertiary/aromatic N) is 1. The fourth-order valence-electron chi connectivity index (χ4n) is 3.79. The molecular formula is C16H29N3O. The van der Waals surface area contributed by atoms with Crippen molar-refractivity contribution in [3.05, 3.63) is 0 Å². The summed E-state index contributed by atoms with van der Waals surface area (Å²) >= 11 is 0. The predicted octanol–water partition coefficient (Wildman–Crippen LogP) is 1.37. The number of likely N-dealkylation sites (tertiary alicyclic amines) is 1. The number of piperidine rings is 1. The molecule has 0 bridgehead atoms. The molecule has 114 valence electrons. The van der Waals surface area contributed by atoms with Gasteiger partial charge in [-0.15, -0.1) is 0 Å². The van der Waals surface area contributed by atoms with Crippen LogP contribution in [0.15, 0.2) is 0 Å². The van der Waals surface area contributed by atoms with Gasteiger partial charge in [0.2, 0.25) is 5.91 Å². The van der Waals surface area contributed by atoms with Crippen molar-refractivity contribution in [3.63, 3.8) is 0 Å². The lowest BCUT2D eigenvalue weighted by molar-refractivity contribution is -0.123. The molecule has 0 radical (unpaired) electrons. The largest absolute Gasteiger partial charge is 0.352 e. The van der Waals surface area contributed by atoms with E-state index in [-0.39, 0.29) is 5.91 Å². The standard InChI is InChI=1S/C16H29N3O/c1-12(13-3-2-7-17-10-13)9-16(20)18-14-6-8-19(11-14)15-4-5-15/h12-15,17H,2-11H2,1H3,(H,18,20). The second kappa shape index (κ2) is 6.44. The minimum Gasteiger partial charge on any atom is -0.352 e. The molecule has 0 aromatic carbocycles. The molecule has 4 heteroatoms. The van der Waals surface area contributed by atoms with Crippen molar-refractivity contribution in [1.29, 1.82) is 0 Å². The Bertz CT molecular complexity index is 337. The molecule has 0 aromatic rings. The molecule has 3 atom stereocenters. The van der Waals surface area contributed by atoms with Crippen LogP contribution >= 0.6 is 0 Å². The number of carbonyl (C=O) groups excluding carboxylic acids is 1. The Morgan fingerprint density at radius 3 is 2.90 bits per heavy atom. The molecule has 2 N–H and O–H groups in total. The zero-order valence-corrected chi connectivity index (χ0v) is 12.7. The molecule has 2 saturated heterocycles. The fourth-order valence-corrected chi connectivity index (χ4v) is 3.79. The minimum atomic E-state index is 0.269. The smallest absolute Gasteiger partial charge is 0.220 e. The summed E-state index contributed by atoms with van der Waals surface area (Å²) in [7, 11) is 0. The number of rotatable bonds is 5. The maximum atomic E-state index is 12.2. The van der Waals surface area contributed by atoms with Crippen LogP contribution in [0.1, 0.15) is 45.4 Å². The molecule has 2 heterocycles. The van der Waals surface area contributed by atoms with E-state index in [1.54, 1.807) is 0 Å². The summed E-state index contributed by atoms with van der Waals surface area (Å²) in [6.45, 7) is 6.73. The SMILES string of the molecule is CC(CC(=O)NC1CCN(C2CC2)C1)C1CCCNC1. The molecule has 3 rings (SSSR count). The summed E-state index contributed by atoms with van der Waals surface area (Å²) in [6, 6.07) is 1.24. The highest BCUT2D eigenvalue weighted by atomic mass is 16.1. The van der Waals surface area contributed by atoms with Crippen LogP contribution in [0.4, 0.5) is 0 Å². The second-order valence-corrected chi connectivity index (χ2v) is 7.07.